The van der Waals surface area contributed by atoms with Crippen molar-refractivity contribution in [3.63, 3.8) is 0 Å². The van der Waals surface area contributed by atoms with E-state index in [2.05, 4.69) is 12.2 Å². The first-order valence-electron chi connectivity index (χ1n) is 8.86. The normalized spacial score (nSPS) is 19.8. The fourth-order valence-electron chi connectivity index (χ4n) is 3.41. The molecule has 0 bridgehead atoms. The number of hydrogen-bond donors (Lipinski definition) is 2. The van der Waals surface area contributed by atoms with E-state index in [0.717, 1.165) is 24.9 Å². The largest absolute Gasteiger partial charge is 0.344 e. The van der Waals surface area contributed by atoms with Crippen LogP contribution in [0.15, 0.2) is 18.2 Å². The van der Waals surface area contributed by atoms with E-state index < -0.39 is 7.37 Å². The van der Waals surface area contributed by atoms with Crippen molar-refractivity contribution < 1.29 is 9.46 Å². The Morgan fingerprint density at radius 2 is 1.96 bits per heavy atom. The number of rotatable bonds is 8. The first kappa shape index (κ1) is 20.3. The Morgan fingerprint density at radius 1 is 1.25 bits per heavy atom. The lowest BCUT2D eigenvalue weighted by Crippen LogP contribution is -2.21. The topological polar surface area (TPSA) is 49.3 Å². The van der Waals surface area contributed by atoms with Crippen LogP contribution < -0.4 is 5.32 Å². The molecule has 1 fully saturated rings. The van der Waals surface area contributed by atoms with Crippen molar-refractivity contribution >= 4 is 30.6 Å². The second-order valence-electron chi connectivity index (χ2n) is 6.96. The lowest BCUT2D eigenvalue weighted by atomic mass is 9.91. The van der Waals surface area contributed by atoms with E-state index in [9.17, 15) is 9.46 Å². The molecule has 24 heavy (non-hydrogen) atoms. The smallest absolute Gasteiger partial charge is 0.200 e. The lowest BCUT2D eigenvalue weighted by molar-refractivity contribution is 0.371. The summed E-state index contributed by atoms with van der Waals surface area (Å²) in [6.07, 6.45) is 7.59. The molecule has 136 valence electrons. The Morgan fingerprint density at radius 3 is 2.62 bits per heavy atom. The Bertz CT molecular complexity index is 576. The monoisotopic (exact) mass is 391 g/mol. The predicted octanol–water partition coefficient (Wildman–Crippen LogP) is 5.88. The minimum atomic E-state index is -2.99. The standard InChI is InChI=1S/C18H28Cl2NO2P/c1-14(16-8-9-17(19)18(20)12-16)21-10-5-11-24(22,23)13-15-6-3-2-4-7-15/h8-9,12,14-15,21H,2-7,10-11,13H2,1H3,(H,22,23)/t14-/m0/s1. The summed E-state index contributed by atoms with van der Waals surface area (Å²) in [5.74, 6) is 0.456. The maximum absolute atomic E-state index is 12.4. The summed E-state index contributed by atoms with van der Waals surface area (Å²) in [4.78, 5) is 10.2. The van der Waals surface area contributed by atoms with Crippen LogP contribution in [-0.4, -0.2) is 23.8 Å². The molecular weight excluding hydrogens is 364 g/mol. The zero-order valence-corrected chi connectivity index (χ0v) is 16.7. The van der Waals surface area contributed by atoms with Gasteiger partial charge in [0.2, 0.25) is 7.37 Å². The maximum atomic E-state index is 12.4. The van der Waals surface area contributed by atoms with Crippen molar-refractivity contribution in [3.05, 3.63) is 33.8 Å². The molecule has 0 spiro atoms. The SMILES string of the molecule is C[C@H](NCCCP(=O)(O)CC1CCCCC1)c1ccc(Cl)c(Cl)c1. The molecular formula is C18H28Cl2NO2P. The van der Waals surface area contributed by atoms with Crippen LogP contribution in [0.25, 0.3) is 0 Å². The zero-order chi connectivity index (χ0) is 17.6. The molecule has 2 atom stereocenters. The third-order valence-electron chi connectivity index (χ3n) is 4.85. The number of benzene rings is 1. The van der Waals surface area contributed by atoms with Crippen molar-refractivity contribution in [2.75, 3.05) is 18.9 Å². The van der Waals surface area contributed by atoms with Gasteiger partial charge in [-0.3, -0.25) is 4.57 Å². The van der Waals surface area contributed by atoms with Gasteiger partial charge in [0, 0.05) is 18.4 Å². The van der Waals surface area contributed by atoms with E-state index >= 15 is 0 Å². The highest BCUT2D eigenvalue weighted by atomic mass is 35.5. The summed E-state index contributed by atoms with van der Waals surface area (Å²) < 4.78 is 12.4. The highest BCUT2D eigenvalue weighted by molar-refractivity contribution is 7.57. The van der Waals surface area contributed by atoms with Crippen LogP contribution in [0.4, 0.5) is 0 Å². The highest BCUT2D eigenvalue weighted by Crippen LogP contribution is 2.45. The number of nitrogens with one attached hydrogen (secondary N) is 1. The van der Waals surface area contributed by atoms with E-state index in [4.69, 9.17) is 23.2 Å². The van der Waals surface area contributed by atoms with Gasteiger partial charge in [0.25, 0.3) is 0 Å². The second kappa shape index (κ2) is 9.59. The van der Waals surface area contributed by atoms with E-state index in [0.29, 0.717) is 34.7 Å². The highest BCUT2D eigenvalue weighted by Gasteiger charge is 2.25. The van der Waals surface area contributed by atoms with Gasteiger partial charge < -0.3 is 10.2 Å². The van der Waals surface area contributed by atoms with Crippen molar-refractivity contribution in [2.45, 2.75) is 51.5 Å². The quantitative estimate of drug-likeness (QED) is 0.429. The fraction of sp³-hybridized carbons (Fsp3) is 0.667. The van der Waals surface area contributed by atoms with E-state index in [-0.39, 0.29) is 6.04 Å². The molecule has 1 aromatic carbocycles. The van der Waals surface area contributed by atoms with Crippen molar-refractivity contribution in [1.82, 2.24) is 5.32 Å². The van der Waals surface area contributed by atoms with Gasteiger partial charge in [0.15, 0.2) is 0 Å². The molecule has 2 rings (SSSR count). The average molecular weight is 392 g/mol. The van der Waals surface area contributed by atoms with Gasteiger partial charge >= 0.3 is 0 Å². The Hall–Kier alpha value is -0.0500. The van der Waals surface area contributed by atoms with E-state index in [1.165, 1.54) is 19.3 Å². The molecule has 0 aliphatic heterocycles. The molecule has 6 heteroatoms. The third-order valence-corrected chi connectivity index (χ3v) is 7.69. The van der Waals surface area contributed by atoms with Crippen molar-refractivity contribution in [2.24, 2.45) is 5.92 Å². The van der Waals surface area contributed by atoms with Gasteiger partial charge in [-0.05, 0) is 56.3 Å². The molecule has 0 amide bonds. The first-order valence-corrected chi connectivity index (χ1v) is 11.7. The predicted molar refractivity (Wildman–Crippen MR) is 104 cm³/mol. The van der Waals surface area contributed by atoms with Gasteiger partial charge in [-0.25, -0.2) is 0 Å². The van der Waals surface area contributed by atoms with E-state index in [1.54, 1.807) is 6.07 Å². The Balaban J connectivity index is 1.71. The molecule has 3 nitrogen and oxygen atoms in total. The Labute approximate surface area is 155 Å². The van der Waals surface area contributed by atoms with Gasteiger partial charge in [0.05, 0.1) is 10.0 Å². The van der Waals surface area contributed by atoms with Gasteiger partial charge in [-0.1, -0.05) is 48.5 Å². The lowest BCUT2D eigenvalue weighted by Gasteiger charge is -2.24. The Kier molecular flexibility index (Phi) is 8.10. The summed E-state index contributed by atoms with van der Waals surface area (Å²) >= 11 is 12.0. The fourth-order valence-corrected chi connectivity index (χ4v) is 5.72. The summed E-state index contributed by atoms with van der Waals surface area (Å²) in [6.45, 7) is 2.77. The van der Waals surface area contributed by atoms with E-state index in [1.807, 2.05) is 12.1 Å². The van der Waals surface area contributed by atoms with Crippen LogP contribution in [0.2, 0.25) is 10.0 Å². The number of halogens is 2. The summed E-state index contributed by atoms with van der Waals surface area (Å²) in [5.41, 5.74) is 1.07. The van der Waals surface area contributed by atoms with Gasteiger partial charge in [-0.15, -0.1) is 0 Å². The first-order chi connectivity index (χ1) is 11.4. The van der Waals surface area contributed by atoms with Crippen LogP contribution in [0.3, 0.4) is 0 Å². The maximum Gasteiger partial charge on any atom is 0.200 e. The minimum Gasteiger partial charge on any atom is -0.344 e. The van der Waals surface area contributed by atoms with Crippen molar-refractivity contribution in [3.8, 4) is 0 Å². The third kappa shape index (κ3) is 6.69. The second-order valence-corrected chi connectivity index (χ2v) is 10.3. The van der Waals surface area contributed by atoms with Crippen molar-refractivity contribution in [1.29, 1.82) is 0 Å². The summed E-state index contributed by atoms with van der Waals surface area (Å²) in [5, 5.41) is 4.49. The van der Waals surface area contributed by atoms with Gasteiger partial charge in [0.1, 0.15) is 0 Å². The van der Waals surface area contributed by atoms with Crippen LogP contribution in [0, 0.1) is 5.92 Å². The molecule has 0 radical (unpaired) electrons. The summed E-state index contributed by atoms with van der Waals surface area (Å²) in [7, 11) is -2.99. The van der Waals surface area contributed by atoms with Crippen LogP contribution in [0.5, 0.6) is 0 Å². The van der Waals surface area contributed by atoms with Gasteiger partial charge in [-0.2, -0.15) is 0 Å². The summed E-state index contributed by atoms with van der Waals surface area (Å²) in [6, 6.07) is 5.74. The molecule has 1 saturated carbocycles. The minimum absolute atomic E-state index is 0.135. The average Bonchev–Trinajstić information content (AvgIpc) is 2.54. The molecule has 1 aromatic rings. The van der Waals surface area contributed by atoms with Crippen LogP contribution in [-0.2, 0) is 4.57 Å². The van der Waals surface area contributed by atoms with Crippen LogP contribution in [0.1, 0.15) is 57.1 Å². The molecule has 0 saturated heterocycles. The molecule has 2 N–H and O–H groups in total. The molecule has 0 heterocycles. The molecule has 0 aromatic heterocycles. The molecule has 1 unspecified atom stereocenters. The molecule has 1 aliphatic carbocycles. The molecule has 1 aliphatic rings. The number of hydrogen-bond acceptors (Lipinski definition) is 2. The zero-order valence-electron chi connectivity index (χ0n) is 14.3. The van der Waals surface area contributed by atoms with Crippen LogP contribution >= 0.6 is 30.6 Å².